The number of piperidine rings is 1. The second-order valence-corrected chi connectivity index (χ2v) is 7.27. The Morgan fingerprint density at radius 3 is 2.75 bits per heavy atom. The molecule has 20 heavy (non-hydrogen) atoms. The Hall–Kier alpha value is -0.920. The zero-order valence-electron chi connectivity index (χ0n) is 11.4. The molecule has 0 radical (unpaired) electrons. The number of nitrogens with one attached hydrogen (secondary N) is 1. The molecule has 0 unspecified atom stereocenters. The van der Waals surface area contributed by atoms with E-state index in [1.54, 1.807) is 12.4 Å². The van der Waals surface area contributed by atoms with Gasteiger partial charge in [-0.25, -0.2) is 23.1 Å². The fourth-order valence-electron chi connectivity index (χ4n) is 2.43. The average Bonchev–Trinajstić information content (AvgIpc) is 2.39. The first kappa shape index (κ1) is 15.5. The summed E-state index contributed by atoms with van der Waals surface area (Å²) in [5.74, 6) is 0.665. The van der Waals surface area contributed by atoms with E-state index < -0.39 is 10.0 Å². The van der Waals surface area contributed by atoms with Gasteiger partial charge in [0, 0.05) is 19.1 Å². The van der Waals surface area contributed by atoms with Crippen LogP contribution in [0.5, 0.6) is 0 Å². The van der Waals surface area contributed by atoms with Gasteiger partial charge in [-0.05, 0) is 25.7 Å². The van der Waals surface area contributed by atoms with Crippen LogP contribution in [0, 0.1) is 0 Å². The van der Waals surface area contributed by atoms with Gasteiger partial charge in [0.25, 0.3) is 0 Å². The van der Waals surface area contributed by atoms with Crippen molar-refractivity contribution in [1.29, 1.82) is 0 Å². The maximum absolute atomic E-state index is 11.1. The van der Waals surface area contributed by atoms with Crippen LogP contribution in [-0.4, -0.2) is 43.8 Å². The molecular weight excluding hydrogens is 300 g/mol. The van der Waals surface area contributed by atoms with Crippen LogP contribution < -0.4 is 9.62 Å². The molecule has 2 rings (SSSR count). The van der Waals surface area contributed by atoms with Crippen molar-refractivity contribution in [2.45, 2.75) is 31.7 Å². The van der Waals surface area contributed by atoms with Gasteiger partial charge in [-0.15, -0.1) is 0 Å². The third-order valence-corrected chi connectivity index (χ3v) is 4.26. The Labute approximate surface area is 124 Å². The fourth-order valence-corrected chi connectivity index (χ4v) is 3.01. The average molecular weight is 319 g/mol. The van der Waals surface area contributed by atoms with Crippen molar-refractivity contribution in [3.63, 3.8) is 0 Å². The number of hydrogen-bond donors (Lipinski definition) is 1. The first-order chi connectivity index (χ1) is 9.46. The van der Waals surface area contributed by atoms with E-state index >= 15 is 0 Å². The summed E-state index contributed by atoms with van der Waals surface area (Å²) in [7, 11) is -3.13. The predicted octanol–water partition coefficient (Wildman–Crippen LogP) is 1.43. The fraction of sp³-hybridized carbons (Fsp3) is 0.667. The number of sulfonamides is 1. The largest absolute Gasteiger partial charge is 0.338 e. The Balaban J connectivity index is 2.00. The monoisotopic (exact) mass is 318 g/mol. The summed E-state index contributed by atoms with van der Waals surface area (Å²) in [6.45, 7) is 1.33. The van der Waals surface area contributed by atoms with Crippen molar-refractivity contribution in [2.24, 2.45) is 0 Å². The first-order valence-corrected chi connectivity index (χ1v) is 8.91. The molecule has 1 N–H and O–H groups in total. The number of anilines is 1. The summed E-state index contributed by atoms with van der Waals surface area (Å²) in [6, 6.07) is 0.263. The maximum Gasteiger partial charge on any atom is 0.225 e. The van der Waals surface area contributed by atoms with Crippen molar-refractivity contribution in [2.75, 3.05) is 24.2 Å². The number of nitrogens with zero attached hydrogens (tertiary/aromatic N) is 3. The molecule has 1 fully saturated rings. The highest BCUT2D eigenvalue weighted by Crippen LogP contribution is 2.23. The van der Waals surface area contributed by atoms with Crippen molar-refractivity contribution >= 4 is 27.6 Å². The molecule has 1 aliphatic rings. The van der Waals surface area contributed by atoms with E-state index in [1.807, 2.05) is 0 Å². The van der Waals surface area contributed by atoms with E-state index in [0.29, 0.717) is 17.5 Å². The molecule has 1 atom stereocenters. The highest BCUT2D eigenvalue weighted by atomic mass is 35.5. The molecule has 8 heteroatoms. The summed E-state index contributed by atoms with van der Waals surface area (Å²) in [5, 5.41) is 0.515. The second kappa shape index (κ2) is 6.69. The van der Waals surface area contributed by atoms with Crippen LogP contribution in [0.3, 0.4) is 0 Å². The summed E-state index contributed by atoms with van der Waals surface area (Å²) < 4.78 is 24.7. The Morgan fingerprint density at radius 2 is 2.10 bits per heavy atom. The normalized spacial score (nSPS) is 20.1. The number of aromatic nitrogens is 2. The van der Waals surface area contributed by atoms with Gasteiger partial charge in [-0.1, -0.05) is 11.6 Å². The van der Waals surface area contributed by atoms with Crippen LogP contribution in [-0.2, 0) is 10.0 Å². The minimum Gasteiger partial charge on any atom is -0.338 e. The molecule has 0 aliphatic carbocycles. The van der Waals surface area contributed by atoms with Gasteiger partial charge < -0.3 is 4.90 Å². The number of hydrogen-bond acceptors (Lipinski definition) is 5. The summed E-state index contributed by atoms with van der Waals surface area (Å²) in [5.41, 5.74) is 0. The second-order valence-electron chi connectivity index (χ2n) is 5.00. The summed E-state index contributed by atoms with van der Waals surface area (Å²) >= 11 is 5.80. The Bertz CT molecular complexity index is 535. The van der Waals surface area contributed by atoms with Crippen molar-refractivity contribution < 1.29 is 8.42 Å². The van der Waals surface area contributed by atoms with Crippen LogP contribution in [0.2, 0.25) is 5.02 Å². The van der Waals surface area contributed by atoms with Gasteiger partial charge >= 0.3 is 0 Å². The molecule has 1 aliphatic heterocycles. The molecular formula is C12H19ClN4O2S. The van der Waals surface area contributed by atoms with Gasteiger partial charge in [-0.3, -0.25) is 0 Å². The van der Waals surface area contributed by atoms with Crippen molar-refractivity contribution in [1.82, 2.24) is 14.7 Å². The maximum atomic E-state index is 11.1. The lowest BCUT2D eigenvalue weighted by molar-refractivity contribution is 0.430. The molecule has 6 nitrogen and oxygen atoms in total. The highest BCUT2D eigenvalue weighted by Gasteiger charge is 2.24. The van der Waals surface area contributed by atoms with Gasteiger partial charge in [0.1, 0.15) is 0 Å². The Kier molecular flexibility index (Phi) is 5.17. The van der Waals surface area contributed by atoms with Crippen molar-refractivity contribution in [3.8, 4) is 0 Å². The molecule has 112 valence electrons. The van der Waals surface area contributed by atoms with Gasteiger partial charge in [-0.2, -0.15) is 0 Å². The van der Waals surface area contributed by atoms with E-state index in [4.69, 9.17) is 11.6 Å². The standard InChI is InChI=1S/C12H19ClN4O2S/c1-20(18,19)16-6-5-11-4-2-3-7-17(11)12-14-8-10(13)9-15-12/h8-9,11,16H,2-7H2,1H3/t11-/m1/s1. The molecule has 0 bridgehead atoms. The zero-order valence-corrected chi connectivity index (χ0v) is 13.0. The molecule has 1 aromatic heterocycles. The highest BCUT2D eigenvalue weighted by molar-refractivity contribution is 7.88. The van der Waals surface area contributed by atoms with E-state index in [2.05, 4.69) is 19.6 Å². The molecule has 2 heterocycles. The van der Waals surface area contributed by atoms with Crippen LogP contribution in [0.25, 0.3) is 0 Å². The lowest BCUT2D eigenvalue weighted by atomic mass is 10.00. The summed E-state index contributed by atoms with van der Waals surface area (Å²) in [4.78, 5) is 10.6. The van der Waals surface area contributed by atoms with Crippen LogP contribution in [0.1, 0.15) is 25.7 Å². The summed E-state index contributed by atoms with van der Waals surface area (Å²) in [6.07, 6.45) is 8.37. The number of halogens is 1. The van der Waals surface area contributed by atoms with Gasteiger partial charge in [0.15, 0.2) is 0 Å². The quantitative estimate of drug-likeness (QED) is 0.889. The molecule has 0 amide bonds. The molecule has 1 aromatic rings. The van der Waals surface area contributed by atoms with E-state index in [-0.39, 0.29) is 6.04 Å². The topological polar surface area (TPSA) is 75.2 Å². The molecule has 0 aromatic carbocycles. The molecule has 0 saturated carbocycles. The van der Waals surface area contributed by atoms with Crippen LogP contribution in [0.4, 0.5) is 5.95 Å². The minimum absolute atomic E-state index is 0.263. The van der Waals surface area contributed by atoms with Gasteiger partial charge in [0.05, 0.1) is 23.7 Å². The third kappa shape index (κ3) is 4.57. The Morgan fingerprint density at radius 1 is 1.40 bits per heavy atom. The van der Waals surface area contributed by atoms with Gasteiger partial charge in [0.2, 0.25) is 16.0 Å². The SMILES string of the molecule is CS(=O)(=O)NCC[C@H]1CCCCN1c1ncc(Cl)cn1. The first-order valence-electron chi connectivity index (χ1n) is 6.64. The van der Waals surface area contributed by atoms with E-state index in [0.717, 1.165) is 32.2 Å². The van der Waals surface area contributed by atoms with E-state index in [9.17, 15) is 8.42 Å². The molecule has 1 saturated heterocycles. The lowest BCUT2D eigenvalue weighted by Crippen LogP contribution is -2.42. The van der Waals surface area contributed by atoms with Crippen LogP contribution >= 0.6 is 11.6 Å². The zero-order chi connectivity index (χ0) is 14.6. The minimum atomic E-state index is -3.13. The smallest absolute Gasteiger partial charge is 0.225 e. The van der Waals surface area contributed by atoms with E-state index in [1.165, 1.54) is 6.26 Å². The lowest BCUT2D eigenvalue weighted by Gasteiger charge is -2.35. The third-order valence-electron chi connectivity index (χ3n) is 3.33. The molecule has 0 spiro atoms. The number of rotatable bonds is 5. The van der Waals surface area contributed by atoms with Crippen molar-refractivity contribution in [3.05, 3.63) is 17.4 Å². The predicted molar refractivity (Wildman–Crippen MR) is 79.5 cm³/mol. The van der Waals surface area contributed by atoms with Crippen LogP contribution in [0.15, 0.2) is 12.4 Å².